The predicted molar refractivity (Wildman–Crippen MR) is 64.7 cm³/mol. The highest BCUT2D eigenvalue weighted by Gasteiger charge is 2.16. The molecule has 0 aromatic carbocycles. The van der Waals surface area contributed by atoms with E-state index in [0.717, 1.165) is 11.4 Å². The highest BCUT2D eigenvalue weighted by Crippen LogP contribution is 2.13. The van der Waals surface area contributed by atoms with Gasteiger partial charge in [-0.25, -0.2) is 4.98 Å². The maximum absolute atomic E-state index is 6.14. The Balaban J connectivity index is 1.96. The molecule has 0 radical (unpaired) electrons. The Hall–Kier alpha value is -2.28. The summed E-state index contributed by atoms with van der Waals surface area (Å²) in [6.45, 7) is 1.92. The number of nitrogens with two attached hydrogens (primary N) is 1. The summed E-state index contributed by atoms with van der Waals surface area (Å²) in [5, 5.41) is 12.5. The second kappa shape index (κ2) is 4.19. The lowest BCUT2D eigenvalue weighted by Crippen LogP contribution is -2.18. The molecule has 0 saturated heterocycles. The first kappa shape index (κ1) is 10.8. The molecule has 1 atom stereocenters. The standard InChI is InChI=1S/C11H13N7/c1-7-2-3-10-15-16-11(18(10)17-7)9(12)4-8-5-13-6-14-8/h2-3,5-6,9H,4,12H2,1H3,(H,13,14). The van der Waals surface area contributed by atoms with Crippen molar-refractivity contribution in [3.05, 3.63) is 41.9 Å². The number of nitrogens with one attached hydrogen (secondary N) is 1. The van der Waals surface area contributed by atoms with Crippen molar-refractivity contribution in [2.24, 2.45) is 5.73 Å². The molecule has 3 rings (SSSR count). The van der Waals surface area contributed by atoms with Crippen LogP contribution < -0.4 is 5.73 Å². The first-order valence-corrected chi connectivity index (χ1v) is 5.66. The zero-order chi connectivity index (χ0) is 12.5. The Kier molecular flexibility index (Phi) is 2.52. The maximum atomic E-state index is 6.14. The van der Waals surface area contributed by atoms with Crippen LogP contribution in [0.4, 0.5) is 0 Å². The number of fused-ring (bicyclic) bond motifs is 1. The van der Waals surface area contributed by atoms with Gasteiger partial charge in [-0.05, 0) is 19.1 Å². The van der Waals surface area contributed by atoms with Crippen molar-refractivity contribution in [3.63, 3.8) is 0 Å². The van der Waals surface area contributed by atoms with E-state index in [1.54, 1.807) is 17.0 Å². The van der Waals surface area contributed by atoms with Crippen molar-refractivity contribution in [3.8, 4) is 0 Å². The predicted octanol–water partition coefficient (Wildman–Crippen LogP) is 0.398. The van der Waals surface area contributed by atoms with Crippen LogP contribution >= 0.6 is 0 Å². The van der Waals surface area contributed by atoms with E-state index in [0.29, 0.717) is 17.9 Å². The highest BCUT2D eigenvalue weighted by molar-refractivity contribution is 5.36. The molecule has 0 bridgehead atoms. The number of imidazole rings is 1. The van der Waals surface area contributed by atoms with Crippen LogP contribution in [-0.4, -0.2) is 29.8 Å². The normalized spacial score (nSPS) is 13.0. The minimum absolute atomic E-state index is 0.269. The molecule has 3 aromatic rings. The monoisotopic (exact) mass is 243 g/mol. The minimum atomic E-state index is -0.269. The smallest absolute Gasteiger partial charge is 0.177 e. The van der Waals surface area contributed by atoms with E-state index in [1.807, 2.05) is 19.1 Å². The Morgan fingerprint density at radius 3 is 3.06 bits per heavy atom. The molecule has 0 aliphatic carbocycles. The lowest BCUT2D eigenvalue weighted by molar-refractivity contribution is 0.629. The van der Waals surface area contributed by atoms with E-state index < -0.39 is 0 Å². The number of aryl methyl sites for hydroxylation is 1. The molecule has 7 nitrogen and oxygen atoms in total. The third-order valence-electron chi connectivity index (χ3n) is 2.75. The average molecular weight is 243 g/mol. The second-order valence-electron chi connectivity index (χ2n) is 4.19. The van der Waals surface area contributed by atoms with E-state index in [-0.39, 0.29) is 6.04 Å². The number of hydrogen-bond acceptors (Lipinski definition) is 5. The number of aromatic amines is 1. The molecule has 7 heteroatoms. The van der Waals surface area contributed by atoms with Crippen LogP contribution in [0.2, 0.25) is 0 Å². The number of aromatic nitrogens is 6. The Labute approximate surface area is 103 Å². The summed E-state index contributed by atoms with van der Waals surface area (Å²) in [6.07, 6.45) is 4.00. The average Bonchev–Trinajstić information content (AvgIpc) is 2.97. The van der Waals surface area contributed by atoms with Crippen molar-refractivity contribution in [1.82, 2.24) is 29.8 Å². The molecular formula is C11H13N7. The first-order chi connectivity index (χ1) is 8.74. The highest BCUT2D eigenvalue weighted by atomic mass is 15.4. The third-order valence-corrected chi connectivity index (χ3v) is 2.75. The van der Waals surface area contributed by atoms with E-state index in [4.69, 9.17) is 5.73 Å². The van der Waals surface area contributed by atoms with Gasteiger partial charge in [-0.3, -0.25) is 0 Å². The molecule has 3 heterocycles. The largest absolute Gasteiger partial charge is 0.348 e. The molecular weight excluding hydrogens is 230 g/mol. The van der Waals surface area contributed by atoms with Gasteiger partial charge in [0.1, 0.15) is 0 Å². The molecule has 92 valence electrons. The number of hydrogen-bond donors (Lipinski definition) is 2. The van der Waals surface area contributed by atoms with Gasteiger partial charge in [-0.1, -0.05) is 0 Å². The summed E-state index contributed by atoms with van der Waals surface area (Å²) < 4.78 is 1.69. The molecule has 0 aliphatic rings. The van der Waals surface area contributed by atoms with Crippen LogP contribution in [0, 0.1) is 6.92 Å². The molecule has 0 amide bonds. The topological polar surface area (TPSA) is 97.8 Å². The lowest BCUT2D eigenvalue weighted by Gasteiger charge is -2.07. The van der Waals surface area contributed by atoms with Crippen LogP contribution in [-0.2, 0) is 6.42 Å². The Morgan fingerprint density at radius 2 is 2.28 bits per heavy atom. The minimum Gasteiger partial charge on any atom is -0.348 e. The van der Waals surface area contributed by atoms with Gasteiger partial charge < -0.3 is 10.7 Å². The number of H-pyrrole nitrogens is 1. The lowest BCUT2D eigenvalue weighted by atomic mass is 10.2. The van der Waals surface area contributed by atoms with E-state index in [2.05, 4.69) is 25.3 Å². The maximum Gasteiger partial charge on any atom is 0.177 e. The quantitative estimate of drug-likeness (QED) is 0.693. The second-order valence-corrected chi connectivity index (χ2v) is 4.19. The van der Waals surface area contributed by atoms with Gasteiger partial charge in [-0.2, -0.15) is 9.61 Å². The van der Waals surface area contributed by atoms with Gasteiger partial charge in [0.25, 0.3) is 0 Å². The molecule has 18 heavy (non-hydrogen) atoms. The molecule has 0 saturated carbocycles. The Bertz CT molecular complexity index is 655. The summed E-state index contributed by atoms with van der Waals surface area (Å²) in [6, 6.07) is 3.51. The summed E-state index contributed by atoms with van der Waals surface area (Å²) in [7, 11) is 0. The van der Waals surface area contributed by atoms with Crippen molar-refractivity contribution < 1.29 is 0 Å². The third kappa shape index (κ3) is 1.84. The van der Waals surface area contributed by atoms with Crippen molar-refractivity contribution in [2.75, 3.05) is 0 Å². The first-order valence-electron chi connectivity index (χ1n) is 5.66. The van der Waals surface area contributed by atoms with E-state index in [1.165, 1.54) is 0 Å². The van der Waals surface area contributed by atoms with E-state index >= 15 is 0 Å². The van der Waals surface area contributed by atoms with Crippen LogP contribution in [0.1, 0.15) is 23.3 Å². The number of nitrogens with zero attached hydrogens (tertiary/aromatic N) is 5. The van der Waals surface area contributed by atoms with Gasteiger partial charge in [0.15, 0.2) is 11.5 Å². The Morgan fingerprint density at radius 1 is 1.39 bits per heavy atom. The SMILES string of the molecule is Cc1ccc2nnc(C(N)Cc3cnc[nH]3)n2n1. The van der Waals surface area contributed by atoms with Crippen LogP contribution in [0.25, 0.3) is 5.65 Å². The summed E-state index contributed by atoms with van der Waals surface area (Å²) in [5.41, 5.74) is 8.71. The molecule has 0 spiro atoms. The molecule has 0 aliphatic heterocycles. The fourth-order valence-electron chi connectivity index (χ4n) is 1.85. The van der Waals surface area contributed by atoms with E-state index in [9.17, 15) is 0 Å². The molecule has 3 aromatic heterocycles. The van der Waals surface area contributed by atoms with Gasteiger partial charge in [-0.15, -0.1) is 10.2 Å². The fraction of sp³-hybridized carbons (Fsp3) is 0.273. The number of rotatable bonds is 3. The molecule has 3 N–H and O–H groups in total. The van der Waals surface area contributed by atoms with Gasteiger partial charge in [0.05, 0.1) is 18.1 Å². The van der Waals surface area contributed by atoms with Gasteiger partial charge in [0, 0.05) is 18.3 Å². The zero-order valence-corrected chi connectivity index (χ0v) is 9.91. The molecule has 0 fully saturated rings. The van der Waals surface area contributed by atoms with Crippen LogP contribution in [0.15, 0.2) is 24.7 Å². The van der Waals surface area contributed by atoms with Gasteiger partial charge >= 0.3 is 0 Å². The zero-order valence-electron chi connectivity index (χ0n) is 9.91. The van der Waals surface area contributed by atoms with Gasteiger partial charge in [0.2, 0.25) is 0 Å². The van der Waals surface area contributed by atoms with Crippen molar-refractivity contribution in [2.45, 2.75) is 19.4 Å². The fourth-order valence-corrected chi connectivity index (χ4v) is 1.85. The van der Waals surface area contributed by atoms with Crippen LogP contribution in [0.3, 0.4) is 0 Å². The van der Waals surface area contributed by atoms with Crippen molar-refractivity contribution in [1.29, 1.82) is 0 Å². The molecule has 1 unspecified atom stereocenters. The van der Waals surface area contributed by atoms with Crippen LogP contribution in [0.5, 0.6) is 0 Å². The summed E-state index contributed by atoms with van der Waals surface area (Å²) in [4.78, 5) is 6.98. The summed E-state index contributed by atoms with van der Waals surface area (Å²) in [5.74, 6) is 0.656. The summed E-state index contributed by atoms with van der Waals surface area (Å²) >= 11 is 0. The van der Waals surface area contributed by atoms with Crippen molar-refractivity contribution >= 4 is 5.65 Å².